The van der Waals surface area contributed by atoms with Gasteiger partial charge in [0.15, 0.2) is 5.78 Å². The van der Waals surface area contributed by atoms with Gasteiger partial charge in [0, 0.05) is 23.9 Å². The molecule has 3 nitrogen and oxygen atoms in total. The minimum atomic E-state index is 0.0187. The highest BCUT2D eigenvalue weighted by molar-refractivity contribution is 5.97. The van der Waals surface area contributed by atoms with E-state index in [9.17, 15) is 4.79 Å². The van der Waals surface area contributed by atoms with Gasteiger partial charge in [0.05, 0.1) is 6.61 Å². The molecule has 0 radical (unpaired) electrons. The van der Waals surface area contributed by atoms with E-state index in [4.69, 9.17) is 4.74 Å². The van der Waals surface area contributed by atoms with Crippen molar-refractivity contribution in [1.82, 2.24) is 5.32 Å². The maximum absolute atomic E-state index is 12.6. The molecule has 0 spiro atoms. The SMILES string of the molecule is CNC1(CC(=O)c2ccc3c(c2)CCO3)CCCCC1. The first-order valence-corrected chi connectivity index (χ1v) is 7.70. The van der Waals surface area contributed by atoms with Crippen LogP contribution in [0, 0.1) is 0 Å². The van der Waals surface area contributed by atoms with Crippen molar-refractivity contribution in [3.05, 3.63) is 29.3 Å². The number of hydrogen-bond donors (Lipinski definition) is 1. The minimum Gasteiger partial charge on any atom is -0.493 e. The molecule has 0 aromatic heterocycles. The van der Waals surface area contributed by atoms with Crippen LogP contribution in [0.25, 0.3) is 0 Å². The number of carbonyl (C=O) groups excluding carboxylic acids is 1. The molecule has 1 aromatic rings. The van der Waals surface area contributed by atoms with E-state index < -0.39 is 0 Å². The number of rotatable bonds is 4. The Hall–Kier alpha value is -1.35. The van der Waals surface area contributed by atoms with Crippen molar-refractivity contribution in [2.24, 2.45) is 0 Å². The lowest BCUT2D eigenvalue weighted by molar-refractivity contribution is 0.0915. The number of carbonyl (C=O) groups is 1. The summed E-state index contributed by atoms with van der Waals surface area (Å²) in [5.41, 5.74) is 2.04. The monoisotopic (exact) mass is 273 g/mol. The van der Waals surface area contributed by atoms with E-state index in [1.54, 1.807) is 0 Å². The zero-order valence-electron chi connectivity index (χ0n) is 12.2. The molecule has 1 heterocycles. The summed E-state index contributed by atoms with van der Waals surface area (Å²) in [5, 5.41) is 3.42. The summed E-state index contributed by atoms with van der Waals surface area (Å²) in [6.07, 6.45) is 7.52. The van der Waals surface area contributed by atoms with E-state index in [1.165, 1.54) is 24.8 Å². The molecule has 0 atom stereocenters. The summed E-state index contributed by atoms with van der Waals surface area (Å²) < 4.78 is 5.50. The maximum Gasteiger partial charge on any atom is 0.164 e. The van der Waals surface area contributed by atoms with Crippen molar-refractivity contribution in [2.75, 3.05) is 13.7 Å². The van der Waals surface area contributed by atoms with Gasteiger partial charge in [-0.2, -0.15) is 0 Å². The molecular formula is C17H23NO2. The number of Topliss-reactive ketones (excluding diaryl/α,β-unsaturated/α-hetero) is 1. The van der Waals surface area contributed by atoms with E-state index in [0.29, 0.717) is 6.42 Å². The van der Waals surface area contributed by atoms with E-state index in [-0.39, 0.29) is 11.3 Å². The molecule has 0 unspecified atom stereocenters. The summed E-state index contributed by atoms with van der Waals surface area (Å²) >= 11 is 0. The summed E-state index contributed by atoms with van der Waals surface area (Å²) in [6, 6.07) is 5.89. The number of nitrogens with one attached hydrogen (secondary N) is 1. The highest BCUT2D eigenvalue weighted by Gasteiger charge is 2.33. The van der Waals surface area contributed by atoms with Gasteiger partial charge in [-0.1, -0.05) is 19.3 Å². The molecule has 1 aliphatic carbocycles. The molecular weight excluding hydrogens is 250 g/mol. The second-order valence-electron chi connectivity index (χ2n) is 6.11. The Kier molecular flexibility index (Phi) is 3.79. The molecule has 1 fully saturated rings. The van der Waals surface area contributed by atoms with Gasteiger partial charge in [-0.25, -0.2) is 0 Å². The molecule has 0 bridgehead atoms. The van der Waals surface area contributed by atoms with Crippen LogP contribution in [0.4, 0.5) is 0 Å². The van der Waals surface area contributed by atoms with Crippen molar-refractivity contribution < 1.29 is 9.53 Å². The first kappa shape index (κ1) is 13.6. The van der Waals surface area contributed by atoms with Crippen molar-refractivity contribution in [1.29, 1.82) is 0 Å². The molecule has 20 heavy (non-hydrogen) atoms. The van der Waals surface area contributed by atoms with Crippen molar-refractivity contribution in [2.45, 2.75) is 50.5 Å². The Morgan fingerprint density at radius 1 is 1.30 bits per heavy atom. The summed E-state index contributed by atoms with van der Waals surface area (Å²) in [4.78, 5) is 12.6. The van der Waals surface area contributed by atoms with Gasteiger partial charge >= 0.3 is 0 Å². The van der Waals surface area contributed by atoms with E-state index in [0.717, 1.165) is 37.2 Å². The van der Waals surface area contributed by atoms with E-state index in [2.05, 4.69) is 5.32 Å². The van der Waals surface area contributed by atoms with Gasteiger partial charge < -0.3 is 10.1 Å². The fourth-order valence-electron chi connectivity index (χ4n) is 3.51. The average Bonchev–Trinajstić information content (AvgIpc) is 2.95. The second-order valence-corrected chi connectivity index (χ2v) is 6.11. The number of ketones is 1. The Morgan fingerprint density at radius 3 is 2.85 bits per heavy atom. The smallest absolute Gasteiger partial charge is 0.164 e. The lowest BCUT2D eigenvalue weighted by atomic mass is 9.77. The second kappa shape index (κ2) is 5.57. The Labute approximate surface area is 120 Å². The lowest BCUT2D eigenvalue weighted by Gasteiger charge is -2.36. The van der Waals surface area contributed by atoms with Gasteiger partial charge in [0.2, 0.25) is 0 Å². The average molecular weight is 273 g/mol. The van der Waals surface area contributed by atoms with Crippen LogP contribution < -0.4 is 10.1 Å². The third kappa shape index (κ3) is 2.59. The number of ether oxygens (including phenoxy) is 1. The minimum absolute atomic E-state index is 0.0187. The number of hydrogen-bond acceptors (Lipinski definition) is 3. The quantitative estimate of drug-likeness (QED) is 0.857. The standard InChI is InChI=1S/C17H23NO2/c1-18-17(8-3-2-4-9-17)12-15(19)13-5-6-16-14(11-13)7-10-20-16/h5-6,11,18H,2-4,7-10,12H2,1H3. The van der Waals surface area contributed by atoms with Crippen LogP contribution in [-0.4, -0.2) is 25.0 Å². The fraction of sp³-hybridized carbons (Fsp3) is 0.588. The molecule has 0 amide bonds. The third-order valence-electron chi connectivity index (χ3n) is 4.85. The first-order valence-electron chi connectivity index (χ1n) is 7.70. The van der Waals surface area contributed by atoms with Gasteiger partial charge in [0.25, 0.3) is 0 Å². The van der Waals surface area contributed by atoms with Crippen molar-refractivity contribution in [3.63, 3.8) is 0 Å². The van der Waals surface area contributed by atoms with E-state index >= 15 is 0 Å². The van der Waals surface area contributed by atoms with Crippen LogP contribution in [0.5, 0.6) is 5.75 Å². The van der Waals surface area contributed by atoms with Crippen LogP contribution in [-0.2, 0) is 6.42 Å². The van der Waals surface area contributed by atoms with Crippen LogP contribution in [0.1, 0.15) is 54.4 Å². The largest absolute Gasteiger partial charge is 0.493 e. The first-order chi connectivity index (χ1) is 9.72. The molecule has 1 saturated carbocycles. The molecule has 108 valence electrons. The molecule has 3 heteroatoms. The summed E-state index contributed by atoms with van der Waals surface area (Å²) in [7, 11) is 2.00. The number of fused-ring (bicyclic) bond motifs is 1. The molecule has 1 N–H and O–H groups in total. The van der Waals surface area contributed by atoms with Gasteiger partial charge in [0.1, 0.15) is 5.75 Å². The van der Waals surface area contributed by atoms with Gasteiger partial charge in [-0.05, 0) is 43.7 Å². The Balaban J connectivity index is 1.75. The molecule has 0 saturated heterocycles. The molecule has 3 rings (SSSR count). The van der Waals surface area contributed by atoms with Gasteiger partial charge in [-0.3, -0.25) is 4.79 Å². The highest BCUT2D eigenvalue weighted by atomic mass is 16.5. The predicted octanol–water partition coefficient (Wildman–Crippen LogP) is 3.12. The normalized spacial score (nSPS) is 20.2. The molecule has 1 aromatic carbocycles. The van der Waals surface area contributed by atoms with Crippen molar-refractivity contribution >= 4 is 5.78 Å². The van der Waals surface area contributed by atoms with Crippen molar-refractivity contribution in [3.8, 4) is 5.75 Å². The van der Waals surface area contributed by atoms with Crippen LogP contribution in [0.2, 0.25) is 0 Å². The summed E-state index contributed by atoms with van der Waals surface area (Å²) in [6.45, 7) is 0.743. The van der Waals surface area contributed by atoms with Gasteiger partial charge in [-0.15, -0.1) is 0 Å². The Bertz CT molecular complexity index is 504. The topological polar surface area (TPSA) is 38.3 Å². The predicted molar refractivity (Wildman–Crippen MR) is 79.5 cm³/mol. The zero-order chi connectivity index (χ0) is 14.0. The zero-order valence-corrected chi connectivity index (χ0v) is 12.2. The fourth-order valence-corrected chi connectivity index (χ4v) is 3.51. The van der Waals surface area contributed by atoms with E-state index in [1.807, 2.05) is 25.2 Å². The maximum atomic E-state index is 12.6. The van der Waals surface area contributed by atoms with Crippen LogP contribution in [0.15, 0.2) is 18.2 Å². The van der Waals surface area contributed by atoms with Crippen LogP contribution in [0.3, 0.4) is 0 Å². The third-order valence-corrected chi connectivity index (χ3v) is 4.85. The molecule has 1 aliphatic heterocycles. The highest BCUT2D eigenvalue weighted by Crippen LogP contribution is 2.33. The molecule has 2 aliphatic rings. The number of benzene rings is 1. The lowest BCUT2D eigenvalue weighted by Crippen LogP contribution is -2.46. The summed E-state index contributed by atoms with van der Waals surface area (Å²) in [5.74, 6) is 1.21. The van der Waals surface area contributed by atoms with Crippen LogP contribution >= 0.6 is 0 Å². The Morgan fingerprint density at radius 2 is 2.10 bits per heavy atom.